The molecule has 3 heterocycles. The van der Waals surface area contributed by atoms with Crippen molar-refractivity contribution in [2.45, 2.75) is 25.5 Å². The summed E-state index contributed by atoms with van der Waals surface area (Å²) in [6, 6.07) is 13.4. The van der Waals surface area contributed by atoms with E-state index in [0.717, 1.165) is 36.3 Å². The summed E-state index contributed by atoms with van der Waals surface area (Å²) in [5.74, 6) is -0.0125. The summed E-state index contributed by atoms with van der Waals surface area (Å²) >= 11 is 0. The summed E-state index contributed by atoms with van der Waals surface area (Å²) in [5.41, 5.74) is 3.45. The van der Waals surface area contributed by atoms with Crippen LogP contribution >= 0.6 is 0 Å². The van der Waals surface area contributed by atoms with Crippen molar-refractivity contribution in [1.29, 1.82) is 0 Å². The van der Waals surface area contributed by atoms with Crippen molar-refractivity contribution in [3.63, 3.8) is 0 Å². The standard InChI is InChI=1S/C21H22N4O2/c26-21(17-6-3-5-16(11-17)18-12-23-24-13-18)25(15-20-8-4-10-27-20)14-19-7-1-2-9-22-19/h1-3,5-7,9,11-13,20H,4,8,10,14-15H2,(H,23,24)/t20-/m0/s1. The number of aromatic nitrogens is 3. The third kappa shape index (κ3) is 4.23. The number of pyridine rings is 1. The van der Waals surface area contributed by atoms with Gasteiger partial charge in [0.05, 0.1) is 24.5 Å². The van der Waals surface area contributed by atoms with Crippen molar-refractivity contribution >= 4 is 5.91 Å². The normalized spacial score (nSPS) is 16.4. The predicted octanol–water partition coefficient (Wildman–Crippen LogP) is 3.29. The van der Waals surface area contributed by atoms with Crippen molar-refractivity contribution < 1.29 is 9.53 Å². The summed E-state index contributed by atoms with van der Waals surface area (Å²) in [4.78, 5) is 19.5. The Balaban J connectivity index is 1.58. The number of amides is 1. The first-order chi connectivity index (χ1) is 13.3. The minimum Gasteiger partial charge on any atom is -0.376 e. The van der Waals surface area contributed by atoms with Gasteiger partial charge >= 0.3 is 0 Å². The Morgan fingerprint density at radius 3 is 2.93 bits per heavy atom. The van der Waals surface area contributed by atoms with Crippen molar-refractivity contribution in [2.24, 2.45) is 0 Å². The summed E-state index contributed by atoms with van der Waals surface area (Å²) in [7, 11) is 0. The van der Waals surface area contributed by atoms with Crippen LogP contribution in [0.4, 0.5) is 0 Å². The van der Waals surface area contributed by atoms with Crippen molar-refractivity contribution in [2.75, 3.05) is 13.2 Å². The van der Waals surface area contributed by atoms with Gasteiger partial charge in [0.15, 0.2) is 0 Å². The van der Waals surface area contributed by atoms with E-state index in [2.05, 4.69) is 15.2 Å². The first-order valence-corrected chi connectivity index (χ1v) is 9.19. The number of hydrogen-bond acceptors (Lipinski definition) is 4. The molecule has 1 fully saturated rings. The van der Waals surface area contributed by atoms with Crippen LogP contribution in [0.5, 0.6) is 0 Å². The molecule has 138 valence electrons. The van der Waals surface area contributed by atoms with Gasteiger partial charge in [-0.15, -0.1) is 0 Å². The number of aromatic amines is 1. The number of nitrogens with zero attached hydrogens (tertiary/aromatic N) is 3. The number of ether oxygens (including phenoxy) is 1. The summed E-state index contributed by atoms with van der Waals surface area (Å²) in [5, 5.41) is 6.80. The molecule has 6 heteroatoms. The Morgan fingerprint density at radius 1 is 1.22 bits per heavy atom. The largest absolute Gasteiger partial charge is 0.376 e. The highest BCUT2D eigenvalue weighted by Gasteiger charge is 2.24. The molecule has 2 aromatic heterocycles. The fourth-order valence-corrected chi connectivity index (χ4v) is 3.36. The van der Waals surface area contributed by atoms with Gasteiger partial charge in [0, 0.05) is 36.7 Å². The summed E-state index contributed by atoms with van der Waals surface area (Å²) < 4.78 is 5.76. The number of nitrogens with one attached hydrogen (secondary N) is 1. The molecule has 1 atom stereocenters. The molecular formula is C21H22N4O2. The number of carbonyl (C=O) groups is 1. The first kappa shape index (κ1) is 17.4. The lowest BCUT2D eigenvalue weighted by Gasteiger charge is -2.25. The van der Waals surface area contributed by atoms with Gasteiger partial charge in [-0.05, 0) is 42.7 Å². The second-order valence-corrected chi connectivity index (χ2v) is 6.71. The van der Waals surface area contributed by atoms with Gasteiger partial charge in [0.25, 0.3) is 5.91 Å². The second-order valence-electron chi connectivity index (χ2n) is 6.71. The molecule has 27 heavy (non-hydrogen) atoms. The number of benzene rings is 1. The van der Waals surface area contributed by atoms with Crippen molar-refractivity contribution in [3.05, 3.63) is 72.3 Å². The van der Waals surface area contributed by atoms with E-state index in [-0.39, 0.29) is 12.0 Å². The Morgan fingerprint density at radius 2 is 2.19 bits per heavy atom. The van der Waals surface area contributed by atoms with Crippen LogP contribution in [0.1, 0.15) is 28.9 Å². The van der Waals surface area contributed by atoms with Crippen LogP contribution in [0.25, 0.3) is 11.1 Å². The monoisotopic (exact) mass is 362 g/mol. The maximum atomic E-state index is 13.3. The highest BCUT2D eigenvalue weighted by Crippen LogP contribution is 2.21. The van der Waals surface area contributed by atoms with Crippen LogP contribution < -0.4 is 0 Å². The quantitative estimate of drug-likeness (QED) is 0.730. The van der Waals surface area contributed by atoms with E-state index in [9.17, 15) is 4.79 Å². The molecule has 1 aromatic carbocycles. The predicted molar refractivity (Wildman–Crippen MR) is 102 cm³/mol. The molecule has 1 saturated heterocycles. The molecule has 0 spiro atoms. The van der Waals surface area contributed by atoms with E-state index >= 15 is 0 Å². The number of carbonyl (C=O) groups excluding carboxylic acids is 1. The third-order valence-electron chi connectivity index (χ3n) is 4.76. The van der Waals surface area contributed by atoms with Crippen LogP contribution in [0.15, 0.2) is 61.1 Å². The lowest BCUT2D eigenvalue weighted by Crippen LogP contribution is -2.37. The van der Waals surface area contributed by atoms with Gasteiger partial charge in [-0.1, -0.05) is 18.2 Å². The lowest BCUT2D eigenvalue weighted by molar-refractivity contribution is 0.0504. The van der Waals surface area contributed by atoms with E-state index in [4.69, 9.17) is 4.74 Å². The molecule has 1 amide bonds. The molecule has 1 aliphatic rings. The van der Waals surface area contributed by atoms with Gasteiger partial charge in [-0.2, -0.15) is 5.10 Å². The van der Waals surface area contributed by atoms with Gasteiger partial charge in [-0.3, -0.25) is 14.9 Å². The van der Waals surface area contributed by atoms with E-state index in [0.29, 0.717) is 18.7 Å². The molecule has 3 aromatic rings. The SMILES string of the molecule is O=C(c1cccc(-c2cn[nH]c2)c1)N(Cc1ccccn1)C[C@@H]1CCCO1. The van der Waals surface area contributed by atoms with E-state index in [1.54, 1.807) is 12.4 Å². The van der Waals surface area contributed by atoms with Crippen LogP contribution in [-0.2, 0) is 11.3 Å². The zero-order valence-electron chi connectivity index (χ0n) is 15.0. The fraction of sp³-hybridized carbons (Fsp3) is 0.286. The molecule has 6 nitrogen and oxygen atoms in total. The maximum Gasteiger partial charge on any atom is 0.254 e. The Labute approximate surface area is 158 Å². The Bertz CT molecular complexity index is 874. The first-order valence-electron chi connectivity index (χ1n) is 9.19. The molecular weight excluding hydrogens is 340 g/mol. The second kappa shape index (κ2) is 8.14. The van der Waals surface area contributed by atoms with Crippen LogP contribution in [0.2, 0.25) is 0 Å². The van der Waals surface area contributed by atoms with Crippen LogP contribution in [0.3, 0.4) is 0 Å². The van der Waals surface area contributed by atoms with E-state index in [1.807, 2.05) is 53.6 Å². The average molecular weight is 362 g/mol. The lowest BCUT2D eigenvalue weighted by atomic mass is 10.1. The smallest absolute Gasteiger partial charge is 0.254 e. The van der Waals surface area contributed by atoms with Gasteiger partial charge in [0.2, 0.25) is 0 Å². The minimum absolute atomic E-state index is 0.0125. The van der Waals surface area contributed by atoms with E-state index in [1.165, 1.54) is 0 Å². The summed E-state index contributed by atoms with van der Waals surface area (Å²) in [6.07, 6.45) is 7.45. The fourth-order valence-electron chi connectivity index (χ4n) is 3.36. The zero-order valence-corrected chi connectivity index (χ0v) is 15.0. The summed E-state index contributed by atoms with van der Waals surface area (Å²) in [6.45, 7) is 1.81. The average Bonchev–Trinajstić information content (AvgIpc) is 3.42. The van der Waals surface area contributed by atoms with E-state index < -0.39 is 0 Å². The van der Waals surface area contributed by atoms with Crippen molar-refractivity contribution in [1.82, 2.24) is 20.1 Å². The van der Waals surface area contributed by atoms with Gasteiger partial charge in [-0.25, -0.2) is 0 Å². The number of rotatable bonds is 6. The van der Waals surface area contributed by atoms with Crippen LogP contribution in [-0.4, -0.2) is 45.2 Å². The van der Waals surface area contributed by atoms with Crippen molar-refractivity contribution in [3.8, 4) is 11.1 Å². The molecule has 4 rings (SSSR count). The van der Waals surface area contributed by atoms with Crippen LogP contribution in [0, 0.1) is 0 Å². The Kier molecular flexibility index (Phi) is 5.25. The molecule has 1 aliphatic heterocycles. The topological polar surface area (TPSA) is 71.1 Å². The highest BCUT2D eigenvalue weighted by atomic mass is 16.5. The minimum atomic E-state index is -0.0125. The molecule has 0 saturated carbocycles. The molecule has 1 N–H and O–H groups in total. The molecule has 0 bridgehead atoms. The zero-order chi connectivity index (χ0) is 18.5. The Hall–Kier alpha value is -2.99. The third-order valence-corrected chi connectivity index (χ3v) is 4.76. The van der Waals surface area contributed by atoms with Gasteiger partial charge < -0.3 is 9.64 Å². The number of H-pyrrole nitrogens is 1. The molecule has 0 radical (unpaired) electrons. The molecule has 0 unspecified atom stereocenters. The maximum absolute atomic E-state index is 13.3. The van der Waals surface area contributed by atoms with Gasteiger partial charge in [0.1, 0.15) is 0 Å². The highest BCUT2D eigenvalue weighted by molar-refractivity contribution is 5.95. The molecule has 0 aliphatic carbocycles. The number of hydrogen-bond donors (Lipinski definition) is 1.